The second-order valence-corrected chi connectivity index (χ2v) is 7.83. The summed E-state index contributed by atoms with van der Waals surface area (Å²) in [4.78, 5) is 36.6. The third-order valence-electron chi connectivity index (χ3n) is 5.83. The van der Waals surface area contributed by atoms with Crippen LogP contribution in [-0.4, -0.2) is 29.9 Å². The Hall–Kier alpha value is -3.21. The lowest BCUT2D eigenvalue weighted by Crippen LogP contribution is -2.25. The Kier molecular flexibility index (Phi) is 6.07. The zero-order chi connectivity index (χ0) is 20.9. The van der Waals surface area contributed by atoms with Crippen molar-refractivity contribution in [2.75, 3.05) is 0 Å². The van der Waals surface area contributed by atoms with Crippen LogP contribution in [0.3, 0.4) is 0 Å². The van der Waals surface area contributed by atoms with E-state index in [1.54, 1.807) is 30.3 Å². The van der Waals surface area contributed by atoms with E-state index >= 15 is 0 Å². The number of carbonyl (C=O) groups excluding carboxylic acids is 3. The molecular formula is C25H24O5. The number of carbonyl (C=O) groups is 3. The average molecular weight is 404 g/mol. The minimum absolute atomic E-state index is 0.0145. The van der Waals surface area contributed by atoms with Crippen molar-refractivity contribution in [2.24, 2.45) is 11.8 Å². The molecule has 0 unspecified atom stereocenters. The smallest absolute Gasteiger partial charge is 0.338 e. The zero-order valence-corrected chi connectivity index (χ0v) is 16.6. The predicted molar refractivity (Wildman–Crippen MR) is 111 cm³/mol. The summed E-state index contributed by atoms with van der Waals surface area (Å²) in [7, 11) is 0. The maximum Gasteiger partial charge on any atom is 0.338 e. The first-order valence-corrected chi connectivity index (χ1v) is 10.3. The molecule has 5 heteroatoms. The second kappa shape index (κ2) is 9.08. The van der Waals surface area contributed by atoms with Gasteiger partial charge < -0.3 is 9.47 Å². The van der Waals surface area contributed by atoms with Crippen molar-refractivity contribution in [3.63, 3.8) is 0 Å². The van der Waals surface area contributed by atoms with Gasteiger partial charge in [-0.2, -0.15) is 0 Å². The third kappa shape index (κ3) is 4.67. The number of rotatable bonds is 7. The molecule has 1 saturated heterocycles. The Bertz CT molecular complexity index is 935. The molecule has 2 aromatic rings. The van der Waals surface area contributed by atoms with E-state index in [-0.39, 0.29) is 36.1 Å². The van der Waals surface area contributed by atoms with Gasteiger partial charge >= 0.3 is 11.9 Å². The Morgan fingerprint density at radius 1 is 1.03 bits per heavy atom. The van der Waals surface area contributed by atoms with Gasteiger partial charge in [0.25, 0.3) is 0 Å². The third-order valence-corrected chi connectivity index (χ3v) is 5.83. The standard InChI is InChI=1S/C25H24O5/c26-19(12-11-17-7-3-1-4-8-17)13-14-20-21-15-24(27)29-23(21)16-22(20)30-25(28)18-9-5-2-6-10-18/h1-10,13-14,20-23H,11-12,15-16H2/t20-,21-,22-,23-/m1/s1. The van der Waals surface area contributed by atoms with Gasteiger partial charge in [-0.25, -0.2) is 4.79 Å². The molecule has 1 aliphatic carbocycles. The van der Waals surface area contributed by atoms with Crippen LogP contribution in [0.1, 0.15) is 35.2 Å². The summed E-state index contributed by atoms with van der Waals surface area (Å²) in [6, 6.07) is 18.7. The van der Waals surface area contributed by atoms with Crippen LogP contribution in [0.5, 0.6) is 0 Å². The molecule has 5 nitrogen and oxygen atoms in total. The second-order valence-electron chi connectivity index (χ2n) is 7.83. The summed E-state index contributed by atoms with van der Waals surface area (Å²) in [6.07, 6.45) is 4.53. The minimum Gasteiger partial charge on any atom is -0.462 e. The van der Waals surface area contributed by atoms with Crippen molar-refractivity contribution in [3.05, 3.63) is 83.9 Å². The molecule has 4 rings (SSSR count). The predicted octanol–water partition coefficient (Wildman–Crippen LogP) is 3.92. The summed E-state index contributed by atoms with van der Waals surface area (Å²) in [5.41, 5.74) is 1.60. The molecule has 0 radical (unpaired) electrons. The van der Waals surface area contributed by atoms with Crippen LogP contribution >= 0.6 is 0 Å². The Morgan fingerprint density at radius 2 is 1.73 bits per heavy atom. The topological polar surface area (TPSA) is 69.7 Å². The summed E-state index contributed by atoms with van der Waals surface area (Å²) < 4.78 is 11.1. The van der Waals surface area contributed by atoms with Crippen LogP contribution in [0.25, 0.3) is 0 Å². The molecule has 0 aromatic heterocycles. The fraction of sp³-hybridized carbons (Fsp3) is 0.320. The lowest BCUT2D eigenvalue weighted by atomic mass is 9.91. The molecule has 2 aliphatic rings. The maximum atomic E-state index is 12.5. The molecular weight excluding hydrogens is 380 g/mol. The monoisotopic (exact) mass is 404 g/mol. The molecule has 0 amide bonds. The summed E-state index contributed by atoms with van der Waals surface area (Å²) in [6.45, 7) is 0. The number of allylic oxidation sites excluding steroid dienone is 1. The quantitative estimate of drug-likeness (QED) is 0.517. The van der Waals surface area contributed by atoms with Crippen molar-refractivity contribution in [1.29, 1.82) is 0 Å². The van der Waals surface area contributed by atoms with Crippen molar-refractivity contribution >= 4 is 17.7 Å². The molecule has 4 atom stereocenters. The Morgan fingerprint density at radius 3 is 2.47 bits per heavy atom. The van der Waals surface area contributed by atoms with Crippen LogP contribution in [0.4, 0.5) is 0 Å². The molecule has 1 aliphatic heterocycles. The van der Waals surface area contributed by atoms with Crippen molar-refractivity contribution in [3.8, 4) is 0 Å². The van der Waals surface area contributed by atoms with Crippen LogP contribution in [0.15, 0.2) is 72.8 Å². The van der Waals surface area contributed by atoms with Gasteiger partial charge in [-0.05, 0) is 30.2 Å². The number of hydrogen-bond donors (Lipinski definition) is 0. The van der Waals surface area contributed by atoms with E-state index < -0.39 is 12.1 Å². The molecule has 1 saturated carbocycles. The minimum atomic E-state index is -0.418. The highest BCUT2D eigenvalue weighted by molar-refractivity contribution is 5.90. The van der Waals surface area contributed by atoms with Gasteiger partial charge in [-0.3, -0.25) is 9.59 Å². The van der Waals surface area contributed by atoms with E-state index in [1.165, 1.54) is 0 Å². The van der Waals surface area contributed by atoms with Gasteiger partial charge in [0.1, 0.15) is 12.2 Å². The fourth-order valence-electron chi connectivity index (χ4n) is 4.28. The normalized spacial score (nSPS) is 25.1. The van der Waals surface area contributed by atoms with Crippen molar-refractivity contribution in [2.45, 2.75) is 37.9 Å². The number of aryl methyl sites for hydroxylation is 1. The molecule has 2 aromatic carbocycles. The van der Waals surface area contributed by atoms with E-state index in [0.717, 1.165) is 5.56 Å². The number of ketones is 1. The molecule has 30 heavy (non-hydrogen) atoms. The largest absolute Gasteiger partial charge is 0.462 e. The number of esters is 2. The Balaban J connectivity index is 1.42. The molecule has 0 spiro atoms. The van der Waals surface area contributed by atoms with Gasteiger partial charge in [0.05, 0.1) is 12.0 Å². The highest BCUT2D eigenvalue weighted by Crippen LogP contribution is 2.43. The van der Waals surface area contributed by atoms with E-state index in [1.807, 2.05) is 42.5 Å². The lowest BCUT2D eigenvalue weighted by molar-refractivity contribution is -0.141. The van der Waals surface area contributed by atoms with Crippen LogP contribution in [0, 0.1) is 11.8 Å². The highest BCUT2D eigenvalue weighted by atomic mass is 16.6. The highest BCUT2D eigenvalue weighted by Gasteiger charge is 2.50. The maximum absolute atomic E-state index is 12.5. The van der Waals surface area contributed by atoms with Crippen molar-refractivity contribution in [1.82, 2.24) is 0 Å². The first-order valence-electron chi connectivity index (χ1n) is 10.3. The number of fused-ring (bicyclic) bond motifs is 1. The molecule has 2 fully saturated rings. The van der Waals surface area contributed by atoms with E-state index in [9.17, 15) is 14.4 Å². The van der Waals surface area contributed by atoms with Gasteiger partial charge in [-0.15, -0.1) is 0 Å². The van der Waals surface area contributed by atoms with Gasteiger partial charge in [0.15, 0.2) is 5.78 Å². The van der Waals surface area contributed by atoms with Gasteiger partial charge in [0, 0.05) is 24.7 Å². The summed E-state index contributed by atoms with van der Waals surface area (Å²) in [5.74, 6) is -0.896. The zero-order valence-electron chi connectivity index (χ0n) is 16.6. The molecule has 0 N–H and O–H groups in total. The molecule has 0 bridgehead atoms. The number of ether oxygens (including phenoxy) is 2. The lowest BCUT2D eigenvalue weighted by Gasteiger charge is -2.20. The van der Waals surface area contributed by atoms with Crippen molar-refractivity contribution < 1.29 is 23.9 Å². The SMILES string of the molecule is O=C(C=C[C@@H]1[C@H]2CC(=O)O[C@@H]2C[C@H]1OC(=O)c1ccccc1)CCc1ccccc1. The summed E-state index contributed by atoms with van der Waals surface area (Å²) >= 11 is 0. The first kappa shape index (κ1) is 20.1. The summed E-state index contributed by atoms with van der Waals surface area (Å²) in [5, 5.41) is 0. The Labute approximate surface area is 175 Å². The van der Waals surface area contributed by atoms with E-state index in [4.69, 9.17) is 9.47 Å². The van der Waals surface area contributed by atoms with E-state index in [2.05, 4.69) is 0 Å². The van der Waals surface area contributed by atoms with Crippen LogP contribution in [-0.2, 0) is 25.5 Å². The first-order chi connectivity index (χ1) is 14.6. The number of benzene rings is 2. The van der Waals surface area contributed by atoms with Gasteiger partial charge in [0.2, 0.25) is 0 Å². The van der Waals surface area contributed by atoms with Crippen LogP contribution in [0.2, 0.25) is 0 Å². The van der Waals surface area contributed by atoms with Crippen LogP contribution < -0.4 is 0 Å². The molecule has 1 heterocycles. The molecule has 154 valence electrons. The van der Waals surface area contributed by atoms with E-state index in [0.29, 0.717) is 24.8 Å². The van der Waals surface area contributed by atoms with Gasteiger partial charge in [-0.1, -0.05) is 54.6 Å². The fourth-order valence-corrected chi connectivity index (χ4v) is 4.28. The number of hydrogen-bond acceptors (Lipinski definition) is 5. The average Bonchev–Trinajstić information content (AvgIpc) is 3.27.